The summed E-state index contributed by atoms with van der Waals surface area (Å²) in [5.74, 6) is -0.674. The Morgan fingerprint density at radius 3 is 2.79 bits per heavy atom. The van der Waals surface area contributed by atoms with Gasteiger partial charge in [-0.25, -0.2) is 9.78 Å². The molecule has 0 fully saturated rings. The van der Waals surface area contributed by atoms with Crippen molar-refractivity contribution >= 4 is 28.5 Å². The highest BCUT2D eigenvalue weighted by Gasteiger charge is 2.17. The molecule has 24 heavy (non-hydrogen) atoms. The van der Waals surface area contributed by atoms with Crippen LogP contribution in [-0.4, -0.2) is 25.9 Å². The van der Waals surface area contributed by atoms with E-state index in [9.17, 15) is 9.59 Å². The van der Waals surface area contributed by atoms with Gasteiger partial charge in [-0.15, -0.1) is 5.10 Å². The van der Waals surface area contributed by atoms with Gasteiger partial charge in [0.2, 0.25) is 0 Å². The van der Waals surface area contributed by atoms with Gasteiger partial charge in [0.15, 0.2) is 6.73 Å². The molecule has 3 aromatic rings. The Morgan fingerprint density at radius 2 is 2.04 bits per heavy atom. The number of aryl methyl sites for hydroxylation is 2. The summed E-state index contributed by atoms with van der Waals surface area (Å²) in [5.41, 5.74) is 1.61. The highest BCUT2D eigenvalue weighted by molar-refractivity contribution is 6.32. The van der Waals surface area contributed by atoms with Crippen molar-refractivity contribution in [3.63, 3.8) is 0 Å². The lowest BCUT2D eigenvalue weighted by Crippen LogP contribution is -2.26. The molecular formula is C16H13ClN4O3. The third kappa shape index (κ3) is 2.98. The van der Waals surface area contributed by atoms with E-state index in [2.05, 4.69) is 15.3 Å². The van der Waals surface area contributed by atoms with E-state index in [1.807, 2.05) is 0 Å². The first-order valence-corrected chi connectivity index (χ1v) is 7.48. The molecule has 1 aromatic carbocycles. The molecule has 0 amide bonds. The molecule has 0 atom stereocenters. The molecule has 0 aliphatic carbocycles. The lowest BCUT2D eigenvalue weighted by molar-refractivity contribution is 0.0335. The van der Waals surface area contributed by atoms with Crippen LogP contribution < -0.4 is 5.56 Å². The summed E-state index contributed by atoms with van der Waals surface area (Å²) in [4.78, 5) is 28.6. The maximum atomic E-state index is 12.3. The van der Waals surface area contributed by atoms with Gasteiger partial charge in [-0.3, -0.25) is 4.79 Å². The maximum absolute atomic E-state index is 12.3. The van der Waals surface area contributed by atoms with E-state index >= 15 is 0 Å². The molecule has 0 saturated carbocycles. The number of esters is 1. The van der Waals surface area contributed by atoms with E-state index in [1.165, 1.54) is 0 Å². The van der Waals surface area contributed by atoms with Crippen LogP contribution in [0, 0.1) is 13.8 Å². The Morgan fingerprint density at radius 1 is 1.29 bits per heavy atom. The van der Waals surface area contributed by atoms with Gasteiger partial charge in [0.05, 0.1) is 10.9 Å². The van der Waals surface area contributed by atoms with E-state index < -0.39 is 11.5 Å². The second-order valence-corrected chi connectivity index (χ2v) is 5.58. The number of halogens is 1. The number of aromatic nitrogens is 4. The minimum absolute atomic E-state index is 0.0643. The van der Waals surface area contributed by atoms with E-state index in [0.29, 0.717) is 22.2 Å². The first kappa shape index (κ1) is 16.1. The fourth-order valence-corrected chi connectivity index (χ4v) is 2.70. The van der Waals surface area contributed by atoms with Crippen molar-refractivity contribution in [2.45, 2.75) is 20.6 Å². The maximum Gasteiger partial charge on any atom is 0.343 e. The summed E-state index contributed by atoms with van der Waals surface area (Å²) in [5, 5.41) is 8.14. The lowest BCUT2D eigenvalue weighted by atomic mass is 10.1. The zero-order valence-electron chi connectivity index (χ0n) is 13.0. The van der Waals surface area contributed by atoms with Crippen LogP contribution in [0.1, 0.15) is 21.6 Å². The Bertz CT molecular complexity index is 977. The van der Waals surface area contributed by atoms with Crippen molar-refractivity contribution in [2.75, 3.05) is 0 Å². The summed E-state index contributed by atoms with van der Waals surface area (Å²) in [6, 6.07) is 8.53. The Labute approximate surface area is 141 Å². The summed E-state index contributed by atoms with van der Waals surface area (Å²) in [6.45, 7) is 3.15. The molecule has 0 aliphatic rings. The number of ether oxygens (including phenoxy) is 1. The molecule has 0 bridgehead atoms. The zero-order chi connectivity index (χ0) is 17.3. The average Bonchev–Trinajstić information content (AvgIpc) is 2.53. The van der Waals surface area contributed by atoms with Crippen molar-refractivity contribution in [2.24, 2.45) is 0 Å². The molecule has 0 saturated heterocycles. The molecule has 7 nitrogen and oxygen atoms in total. The third-order valence-corrected chi connectivity index (χ3v) is 3.73. The first-order valence-electron chi connectivity index (χ1n) is 7.11. The Kier molecular flexibility index (Phi) is 4.26. The minimum Gasteiger partial charge on any atom is -0.438 e. The number of carbonyl (C=O) groups is 1. The molecule has 0 aliphatic heterocycles. The van der Waals surface area contributed by atoms with Gasteiger partial charge in [0.25, 0.3) is 5.56 Å². The lowest BCUT2D eigenvalue weighted by Gasteiger charge is -2.10. The summed E-state index contributed by atoms with van der Waals surface area (Å²) in [6.07, 6.45) is 0. The van der Waals surface area contributed by atoms with Crippen LogP contribution in [0.3, 0.4) is 0 Å². The van der Waals surface area contributed by atoms with E-state index in [1.54, 1.807) is 44.2 Å². The average molecular weight is 345 g/mol. The second kappa shape index (κ2) is 6.37. The molecular weight excluding hydrogens is 332 g/mol. The molecule has 8 heteroatoms. The van der Waals surface area contributed by atoms with Crippen LogP contribution >= 0.6 is 11.6 Å². The quantitative estimate of drug-likeness (QED) is 0.535. The number of benzene rings is 1. The molecule has 0 N–H and O–H groups in total. The number of pyridine rings is 1. The topological polar surface area (TPSA) is 87.0 Å². The van der Waals surface area contributed by atoms with Crippen molar-refractivity contribution in [3.8, 4) is 0 Å². The molecule has 2 heterocycles. The van der Waals surface area contributed by atoms with Crippen molar-refractivity contribution in [1.29, 1.82) is 0 Å². The normalized spacial score (nSPS) is 10.8. The van der Waals surface area contributed by atoms with Crippen molar-refractivity contribution < 1.29 is 9.53 Å². The molecule has 122 valence electrons. The Hall–Kier alpha value is -2.80. The van der Waals surface area contributed by atoms with Crippen LogP contribution in [-0.2, 0) is 11.5 Å². The van der Waals surface area contributed by atoms with E-state index in [-0.39, 0.29) is 17.4 Å². The van der Waals surface area contributed by atoms with Gasteiger partial charge < -0.3 is 4.74 Å². The number of hydrogen-bond donors (Lipinski definition) is 0. The highest BCUT2D eigenvalue weighted by atomic mass is 35.5. The van der Waals surface area contributed by atoms with Gasteiger partial charge in [-0.05, 0) is 37.6 Å². The molecule has 0 unspecified atom stereocenters. The number of nitrogens with zero attached hydrogens (tertiary/aromatic N) is 4. The number of fused-ring (bicyclic) bond motifs is 1. The zero-order valence-corrected chi connectivity index (χ0v) is 13.7. The number of rotatable bonds is 3. The first-order chi connectivity index (χ1) is 11.5. The summed E-state index contributed by atoms with van der Waals surface area (Å²) < 4.78 is 6.12. The monoisotopic (exact) mass is 344 g/mol. The number of carbonyl (C=O) groups excluding carboxylic acids is 1. The molecule has 3 rings (SSSR count). The SMILES string of the molecule is Cc1cc(C)c(C(=O)OCn2nnc3ccccc3c2=O)c(Cl)n1. The minimum atomic E-state index is -0.674. The largest absolute Gasteiger partial charge is 0.438 e. The molecule has 2 aromatic heterocycles. The smallest absolute Gasteiger partial charge is 0.343 e. The summed E-state index contributed by atoms with van der Waals surface area (Å²) in [7, 11) is 0. The Balaban J connectivity index is 1.85. The van der Waals surface area contributed by atoms with Gasteiger partial charge in [-0.2, -0.15) is 4.68 Å². The van der Waals surface area contributed by atoms with E-state index in [0.717, 1.165) is 4.68 Å². The summed E-state index contributed by atoms with van der Waals surface area (Å²) >= 11 is 6.01. The standard InChI is InChI=1S/C16H13ClN4O3/c1-9-7-10(2)18-14(17)13(9)16(23)24-8-21-15(22)11-5-3-4-6-12(11)19-20-21/h3-7H,8H2,1-2H3. The van der Waals surface area contributed by atoms with Gasteiger partial charge in [-0.1, -0.05) is 28.9 Å². The van der Waals surface area contributed by atoms with Crippen LogP contribution in [0.2, 0.25) is 5.15 Å². The number of hydrogen-bond acceptors (Lipinski definition) is 6. The van der Waals surface area contributed by atoms with Crippen molar-refractivity contribution in [3.05, 3.63) is 62.7 Å². The van der Waals surface area contributed by atoms with Gasteiger partial charge in [0.1, 0.15) is 10.7 Å². The molecule has 0 spiro atoms. The van der Waals surface area contributed by atoms with Crippen LogP contribution in [0.25, 0.3) is 10.9 Å². The van der Waals surface area contributed by atoms with Crippen LogP contribution in [0.4, 0.5) is 0 Å². The van der Waals surface area contributed by atoms with Crippen molar-refractivity contribution in [1.82, 2.24) is 20.0 Å². The predicted molar refractivity (Wildman–Crippen MR) is 87.9 cm³/mol. The molecule has 0 radical (unpaired) electrons. The third-order valence-electron chi connectivity index (χ3n) is 3.45. The fraction of sp³-hybridized carbons (Fsp3) is 0.188. The van der Waals surface area contributed by atoms with Gasteiger partial charge >= 0.3 is 5.97 Å². The van der Waals surface area contributed by atoms with Crippen LogP contribution in [0.5, 0.6) is 0 Å². The highest BCUT2D eigenvalue weighted by Crippen LogP contribution is 2.19. The predicted octanol–water partition coefficient (Wildman–Crippen LogP) is 2.27. The van der Waals surface area contributed by atoms with Gasteiger partial charge in [0, 0.05) is 5.69 Å². The second-order valence-electron chi connectivity index (χ2n) is 5.22. The fourth-order valence-electron chi connectivity index (χ4n) is 2.34. The van der Waals surface area contributed by atoms with Crippen LogP contribution in [0.15, 0.2) is 35.1 Å². The van der Waals surface area contributed by atoms with E-state index in [4.69, 9.17) is 16.3 Å².